The standard InChI is InChI=1S/C13H21F3N2/c1-11(10-3-4-10)9-18(8-2-7-17-11)12(5-6-12)13(14,15)16/h10,17H,2-9H2,1H3. The third-order valence-corrected chi connectivity index (χ3v) is 4.99. The van der Waals surface area contributed by atoms with E-state index in [0.29, 0.717) is 19.0 Å². The molecule has 1 N–H and O–H groups in total. The van der Waals surface area contributed by atoms with Gasteiger partial charge in [0.25, 0.3) is 0 Å². The zero-order valence-corrected chi connectivity index (χ0v) is 10.8. The van der Waals surface area contributed by atoms with Crippen LogP contribution in [0.25, 0.3) is 0 Å². The van der Waals surface area contributed by atoms with Crippen LogP contribution in [0.5, 0.6) is 0 Å². The summed E-state index contributed by atoms with van der Waals surface area (Å²) in [6.45, 7) is 4.08. The Hall–Kier alpha value is -0.290. The Morgan fingerprint density at radius 3 is 2.39 bits per heavy atom. The fourth-order valence-electron chi connectivity index (χ4n) is 3.43. The van der Waals surface area contributed by atoms with Crippen LogP contribution in [-0.2, 0) is 0 Å². The number of halogens is 3. The second kappa shape index (κ2) is 3.85. The second-order valence-corrected chi connectivity index (χ2v) is 6.42. The van der Waals surface area contributed by atoms with Gasteiger partial charge in [0.05, 0.1) is 0 Å². The molecule has 1 aliphatic heterocycles. The molecule has 1 atom stereocenters. The molecule has 0 aromatic heterocycles. The summed E-state index contributed by atoms with van der Waals surface area (Å²) >= 11 is 0. The summed E-state index contributed by atoms with van der Waals surface area (Å²) in [5, 5.41) is 3.49. The normalized spacial score (nSPS) is 37.3. The van der Waals surface area contributed by atoms with Gasteiger partial charge >= 0.3 is 6.18 Å². The molecule has 2 aliphatic carbocycles. The monoisotopic (exact) mass is 262 g/mol. The van der Waals surface area contributed by atoms with Crippen LogP contribution >= 0.6 is 0 Å². The van der Waals surface area contributed by atoms with Crippen molar-refractivity contribution in [3.8, 4) is 0 Å². The number of rotatable bonds is 2. The fraction of sp³-hybridized carbons (Fsp3) is 1.00. The highest BCUT2D eigenvalue weighted by Gasteiger charge is 2.67. The van der Waals surface area contributed by atoms with Crippen LogP contribution in [0.3, 0.4) is 0 Å². The molecule has 1 unspecified atom stereocenters. The van der Waals surface area contributed by atoms with Gasteiger partial charge in [0, 0.05) is 18.6 Å². The van der Waals surface area contributed by atoms with Gasteiger partial charge < -0.3 is 5.32 Å². The molecule has 2 nitrogen and oxygen atoms in total. The van der Waals surface area contributed by atoms with Crippen LogP contribution < -0.4 is 5.32 Å². The van der Waals surface area contributed by atoms with Gasteiger partial charge in [0.1, 0.15) is 5.54 Å². The van der Waals surface area contributed by atoms with Gasteiger partial charge in [-0.05, 0) is 51.5 Å². The molecular weight excluding hydrogens is 241 g/mol. The Bertz CT molecular complexity index is 334. The third kappa shape index (κ3) is 1.95. The third-order valence-electron chi connectivity index (χ3n) is 4.99. The van der Waals surface area contributed by atoms with E-state index in [2.05, 4.69) is 12.2 Å². The number of nitrogens with one attached hydrogen (secondary N) is 1. The molecule has 104 valence electrons. The molecule has 1 heterocycles. The molecule has 0 aromatic rings. The number of alkyl halides is 3. The number of hydrogen-bond donors (Lipinski definition) is 1. The average Bonchev–Trinajstić information content (AvgIpc) is 3.14. The van der Waals surface area contributed by atoms with Gasteiger partial charge in [-0.2, -0.15) is 13.2 Å². The SMILES string of the molecule is CC1(C2CC2)CN(C2(C(F)(F)F)CC2)CCCN1. The van der Waals surface area contributed by atoms with Crippen LogP contribution in [0, 0.1) is 5.92 Å². The van der Waals surface area contributed by atoms with Crippen LogP contribution in [0.15, 0.2) is 0 Å². The van der Waals surface area contributed by atoms with Gasteiger partial charge in [-0.3, -0.25) is 4.90 Å². The summed E-state index contributed by atoms with van der Waals surface area (Å²) < 4.78 is 39.7. The quantitative estimate of drug-likeness (QED) is 0.822. The molecule has 3 rings (SSSR count). The van der Waals surface area contributed by atoms with E-state index >= 15 is 0 Å². The van der Waals surface area contributed by atoms with Crippen LogP contribution in [0.1, 0.15) is 39.0 Å². The van der Waals surface area contributed by atoms with Crippen molar-refractivity contribution in [1.82, 2.24) is 10.2 Å². The van der Waals surface area contributed by atoms with Crippen molar-refractivity contribution < 1.29 is 13.2 Å². The molecule has 3 fully saturated rings. The van der Waals surface area contributed by atoms with Gasteiger partial charge in [-0.1, -0.05) is 0 Å². The Balaban J connectivity index is 1.79. The minimum atomic E-state index is -4.07. The molecule has 0 amide bonds. The zero-order chi connectivity index (χ0) is 13.0. The molecule has 5 heteroatoms. The van der Waals surface area contributed by atoms with Crippen molar-refractivity contribution in [1.29, 1.82) is 0 Å². The lowest BCUT2D eigenvalue weighted by atomic mass is 9.94. The maximum atomic E-state index is 13.2. The summed E-state index contributed by atoms with van der Waals surface area (Å²) in [5.74, 6) is 0.571. The lowest BCUT2D eigenvalue weighted by molar-refractivity contribution is -0.198. The van der Waals surface area contributed by atoms with Gasteiger partial charge in [-0.15, -0.1) is 0 Å². The van der Waals surface area contributed by atoms with Crippen molar-refractivity contribution >= 4 is 0 Å². The molecule has 0 aromatic carbocycles. The smallest absolute Gasteiger partial charge is 0.310 e. The van der Waals surface area contributed by atoms with Crippen molar-refractivity contribution in [3.05, 3.63) is 0 Å². The molecule has 3 aliphatic rings. The topological polar surface area (TPSA) is 15.3 Å². The van der Waals surface area contributed by atoms with Crippen LogP contribution in [0.4, 0.5) is 13.2 Å². The zero-order valence-electron chi connectivity index (χ0n) is 10.8. The number of nitrogens with zero attached hydrogens (tertiary/aromatic N) is 1. The predicted molar refractivity (Wildman–Crippen MR) is 63.3 cm³/mol. The second-order valence-electron chi connectivity index (χ2n) is 6.42. The highest BCUT2D eigenvalue weighted by Crippen LogP contribution is 2.55. The molecule has 18 heavy (non-hydrogen) atoms. The Labute approximate surface area is 106 Å². The summed E-state index contributed by atoms with van der Waals surface area (Å²) in [7, 11) is 0. The van der Waals surface area contributed by atoms with Crippen molar-refractivity contribution in [2.45, 2.75) is 56.3 Å². The maximum absolute atomic E-state index is 13.2. The first-order chi connectivity index (χ1) is 8.37. The maximum Gasteiger partial charge on any atom is 0.406 e. The molecule has 0 bridgehead atoms. The fourth-order valence-corrected chi connectivity index (χ4v) is 3.43. The van der Waals surface area contributed by atoms with E-state index in [-0.39, 0.29) is 18.4 Å². The Morgan fingerprint density at radius 1 is 1.22 bits per heavy atom. The molecule has 2 saturated carbocycles. The first-order valence-corrected chi connectivity index (χ1v) is 6.94. The van der Waals surface area contributed by atoms with Crippen LogP contribution in [-0.4, -0.2) is 41.8 Å². The van der Waals surface area contributed by atoms with Crippen molar-refractivity contribution in [2.24, 2.45) is 5.92 Å². The first kappa shape index (κ1) is 12.7. The largest absolute Gasteiger partial charge is 0.406 e. The van der Waals surface area contributed by atoms with E-state index in [0.717, 1.165) is 25.8 Å². The lowest BCUT2D eigenvalue weighted by Gasteiger charge is -2.39. The molecular formula is C13H21F3N2. The average molecular weight is 262 g/mol. The first-order valence-electron chi connectivity index (χ1n) is 6.94. The van der Waals surface area contributed by atoms with E-state index < -0.39 is 11.7 Å². The van der Waals surface area contributed by atoms with E-state index in [9.17, 15) is 13.2 Å². The van der Waals surface area contributed by atoms with Crippen LogP contribution in [0.2, 0.25) is 0 Å². The van der Waals surface area contributed by atoms with Gasteiger partial charge in [-0.25, -0.2) is 0 Å². The number of hydrogen-bond acceptors (Lipinski definition) is 2. The minimum absolute atomic E-state index is 0.114. The molecule has 1 saturated heterocycles. The van der Waals surface area contributed by atoms with Gasteiger partial charge in [0.2, 0.25) is 0 Å². The summed E-state index contributed by atoms with van der Waals surface area (Å²) in [5.41, 5.74) is -1.60. The Morgan fingerprint density at radius 2 is 1.89 bits per heavy atom. The highest BCUT2D eigenvalue weighted by molar-refractivity contribution is 5.13. The van der Waals surface area contributed by atoms with E-state index in [1.165, 1.54) is 0 Å². The van der Waals surface area contributed by atoms with E-state index in [4.69, 9.17) is 0 Å². The minimum Gasteiger partial charge on any atom is -0.310 e. The summed E-state index contributed by atoms with van der Waals surface area (Å²) in [6, 6.07) is 0. The Kier molecular flexibility index (Phi) is 2.73. The van der Waals surface area contributed by atoms with Crippen molar-refractivity contribution in [3.63, 3.8) is 0 Å². The summed E-state index contributed by atoms with van der Waals surface area (Å²) in [6.07, 6.45) is -0.344. The molecule has 0 radical (unpaired) electrons. The van der Waals surface area contributed by atoms with E-state index in [1.54, 1.807) is 4.90 Å². The predicted octanol–water partition coefficient (Wildman–Crippen LogP) is 2.55. The highest BCUT2D eigenvalue weighted by atomic mass is 19.4. The van der Waals surface area contributed by atoms with E-state index in [1.807, 2.05) is 0 Å². The summed E-state index contributed by atoms with van der Waals surface area (Å²) in [4.78, 5) is 1.73. The lowest BCUT2D eigenvalue weighted by Crippen LogP contribution is -2.56. The van der Waals surface area contributed by atoms with Crippen molar-refractivity contribution in [2.75, 3.05) is 19.6 Å². The molecule has 0 spiro atoms. The van der Waals surface area contributed by atoms with Gasteiger partial charge in [0.15, 0.2) is 0 Å².